The van der Waals surface area contributed by atoms with Crippen LogP contribution in [0.15, 0.2) is 24.3 Å². The minimum Gasteiger partial charge on any atom is -0.375 e. The minimum atomic E-state index is 0.426. The van der Waals surface area contributed by atoms with Gasteiger partial charge in [-0.3, -0.25) is 0 Å². The van der Waals surface area contributed by atoms with Gasteiger partial charge in [0, 0.05) is 11.3 Å². The molecule has 1 aromatic heterocycles. The summed E-state index contributed by atoms with van der Waals surface area (Å²) in [6.07, 6.45) is 0.941. The predicted molar refractivity (Wildman–Crippen MR) is 84.0 cm³/mol. The summed E-state index contributed by atoms with van der Waals surface area (Å²) in [4.78, 5) is 5.78. The lowest BCUT2D eigenvalue weighted by Crippen LogP contribution is -1.99. The standard InChI is InChI=1S/C16H22N2S/c1-10(2)13-8-6-5-7-12(13)9-14-15(11(3)4)18-16(17)19-14/h5-8,10-11H,9H2,1-4H3,(H2,17,18). The Morgan fingerprint density at radius 3 is 2.42 bits per heavy atom. The second-order valence-electron chi connectivity index (χ2n) is 5.55. The molecule has 0 spiro atoms. The van der Waals surface area contributed by atoms with E-state index in [1.807, 2.05) is 0 Å². The van der Waals surface area contributed by atoms with E-state index in [0.717, 1.165) is 12.1 Å². The van der Waals surface area contributed by atoms with Gasteiger partial charge < -0.3 is 5.73 Å². The average molecular weight is 274 g/mol. The third kappa shape index (κ3) is 3.16. The van der Waals surface area contributed by atoms with Crippen molar-refractivity contribution < 1.29 is 0 Å². The molecule has 102 valence electrons. The van der Waals surface area contributed by atoms with Crippen molar-refractivity contribution in [2.24, 2.45) is 0 Å². The summed E-state index contributed by atoms with van der Waals surface area (Å²) in [5.41, 5.74) is 9.84. The molecule has 2 N–H and O–H groups in total. The van der Waals surface area contributed by atoms with Gasteiger partial charge in [-0.15, -0.1) is 11.3 Å². The third-order valence-corrected chi connectivity index (χ3v) is 4.22. The number of nitrogens with zero attached hydrogens (tertiary/aromatic N) is 1. The first-order valence-electron chi connectivity index (χ1n) is 6.82. The monoisotopic (exact) mass is 274 g/mol. The van der Waals surface area contributed by atoms with E-state index in [4.69, 9.17) is 5.73 Å². The van der Waals surface area contributed by atoms with Crippen molar-refractivity contribution in [3.8, 4) is 0 Å². The molecule has 0 unspecified atom stereocenters. The molecule has 0 amide bonds. The van der Waals surface area contributed by atoms with E-state index in [1.165, 1.54) is 16.0 Å². The van der Waals surface area contributed by atoms with Crippen LogP contribution in [0.5, 0.6) is 0 Å². The molecule has 0 atom stereocenters. The van der Waals surface area contributed by atoms with Gasteiger partial charge in [0.2, 0.25) is 0 Å². The Kier molecular flexibility index (Phi) is 4.25. The van der Waals surface area contributed by atoms with Crippen LogP contribution in [0, 0.1) is 0 Å². The van der Waals surface area contributed by atoms with Crippen molar-refractivity contribution in [2.45, 2.75) is 46.0 Å². The summed E-state index contributed by atoms with van der Waals surface area (Å²) in [7, 11) is 0. The summed E-state index contributed by atoms with van der Waals surface area (Å²) < 4.78 is 0. The number of hydrogen-bond acceptors (Lipinski definition) is 3. The molecule has 0 aliphatic carbocycles. The highest BCUT2D eigenvalue weighted by Gasteiger charge is 2.15. The van der Waals surface area contributed by atoms with Crippen molar-refractivity contribution in [3.63, 3.8) is 0 Å². The highest BCUT2D eigenvalue weighted by atomic mass is 32.1. The molecule has 0 bridgehead atoms. The lowest BCUT2D eigenvalue weighted by atomic mass is 9.94. The molecule has 19 heavy (non-hydrogen) atoms. The fourth-order valence-electron chi connectivity index (χ4n) is 2.39. The first-order valence-corrected chi connectivity index (χ1v) is 7.63. The van der Waals surface area contributed by atoms with Gasteiger partial charge in [0.05, 0.1) is 5.69 Å². The van der Waals surface area contributed by atoms with E-state index in [0.29, 0.717) is 17.0 Å². The van der Waals surface area contributed by atoms with E-state index < -0.39 is 0 Å². The van der Waals surface area contributed by atoms with Crippen molar-refractivity contribution in [1.82, 2.24) is 4.98 Å². The SMILES string of the molecule is CC(C)c1ccccc1Cc1sc(N)nc1C(C)C. The maximum atomic E-state index is 5.88. The van der Waals surface area contributed by atoms with Gasteiger partial charge in [-0.1, -0.05) is 52.0 Å². The Bertz CT molecular complexity index is 556. The predicted octanol–water partition coefficient (Wildman–Crippen LogP) is 4.56. The van der Waals surface area contributed by atoms with Crippen molar-refractivity contribution in [3.05, 3.63) is 46.0 Å². The Labute approximate surface area is 119 Å². The van der Waals surface area contributed by atoms with Crippen LogP contribution in [0.3, 0.4) is 0 Å². The van der Waals surface area contributed by atoms with Crippen molar-refractivity contribution >= 4 is 16.5 Å². The van der Waals surface area contributed by atoms with E-state index >= 15 is 0 Å². The topological polar surface area (TPSA) is 38.9 Å². The van der Waals surface area contributed by atoms with Gasteiger partial charge in [-0.2, -0.15) is 0 Å². The van der Waals surface area contributed by atoms with Crippen LogP contribution in [-0.2, 0) is 6.42 Å². The summed E-state index contributed by atoms with van der Waals surface area (Å²) >= 11 is 1.62. The van der Waals surface area contributed by atoms with E-state index in [9.17, 15) is 0 Å². The lowest BCUT2D eigenvalue weighted by Gasteiger charge is -2.13. The summed E-state index contributed by atoms with van der Waals surface area (Å²) in [6, 6.07) is 8.67. The number of aromatic nitrogens is 1. The molecule has 2 nitrogen and oxygen atoms in total. The van der Waals surface area contributed by atoms with Gasteiger partial charge in [-0.25, -0.2) is 4.98 Å². The molecule has 1 heterocycles. The Hall–Kier alpha value is -1.35. The van der Waals surface area contributed by atoms with Gasteiger partial charge in [-0.05, 0) is 23.0 Å². The fourth-order valence-corrected chi connectivity index (χ4v) is 3.40. The number of benzene rings is 1. The molecule has 0 saturated heterocycles. The lowest BCUT2D eigenvalue weighted by molar-refractivity contribution is 0.813. The second-order valence-corrected chi connectivity index (χ2v) is 6.66. The van der Waals surface area contributed by atoms with Crippen LogP contribution < -0.4 is 5.73 Å². The van der Waals surface area contributed by atoms with Crippen LogP contribution >= 0.6 is 11.3 Å². The van der Waals surface area contributed by atoms with Gasteiger partial charge in [0.25, 0.3) is 0 Å². The molecule has 0 aliphatic heterocycles. The van der Waals surface area contributed by atoms with Gasteiger partial charge >= 0.3 is 0 Å². The van der Waals surface area contributed by atoms with Crippen LogP contribution in [0.1, 0.15) is 61.2 Å². The number of nitrogens with two attached hydrogens (primary N) is 1. The number of nitrogen functional groups attached to an aromatic ring is 1. The van der Waals surface area contributed by atoms with E-state index in [-0.39, 0.29) is 0 Å². The van der Waals surface area contributed by atoms with Crippen LogP contribution in [0.25, 0.3) is 0 Å². The minimum absolute atomic E-state index is 0.426. The molecule has 3 heteroatoms. The van der Waals surface area contributed by atoms with E-state index in [2.05, 4.69) is 56.9 Å². The van der Waals surface area contributed by atoms with Crippen LogP contribution in [0.2, 0.25) is 0 Å². The molecular formula is C16H22N2S. The molecule has 0 fully saturated rings. The molecular weight excluding hydrogens is 252 g/mol. The first kappa shape index (κ1) is 14.1. The molecule has 2 rings (SSSR count). The largest absolute Gasteiger partial charge is 0.375 e. The highest BCUT2D eigenvalue weighted by Crippen LogP contribution is 2.30. The molecule has 0 saturated carbocycles. The summed E-state index contributed by atoms with van der Waals surface area (Å²) in [5, 5.41) is 0.681. The molecule has 1 aromatic carbocycles. The average Bonchev–Trinajstić information content (AvgIpc) is 2.71. The highest BCUT2D eigenvalue weighted by molar-refractivity contribution is 7.15. The zero-order chi connectivity index (χ0) is 14.0. The maximum Gasteiger partial charge on any atom is 0.180 e. The fraction of sp³-hybridized carbons (Fsp3) is 0.438. The Balaban J connectivity index is 2.36. The number of rotatable bonds is 4. The van der Waals surface area contributed by atoms with Crippen molar-refractivity contribution in [2.75, 3.05) is 5.73 Å². The van der Waals surface area contributed by atoms with Crippen molar-refractivity contribution in [1.29, 1.82) is 0 Å². The Morgan fingerprint density at radius 1 is 1.11 bits per heavy atom. The zero-order valence-electron chi connectivity index (χ0n) is 12.1. The van der Waals surface area contributed by atoms with Gasteiger partial charge in [0.15, 0.2) is 5.13 Å². The maximum absolute atomic E-state index is 5.88. The molecule has 0 aliphatic rings. The summed E-state index contributed by atoms with van der Waals surface area (Å²) in [5.74, 6) is 0.971. The number of thiazole rings is 1. The molecule has 2 aromatic rings. The normalized spacial score (nSPS) is 11.5. The third-order valence-electron chi connectivity index (χ3n) is 3.32. The molecule has 0 radical (unpaired) electrons. The smallest absolute Gasteiger partial charge is 0.180 e. The quantitative estimate of drug-likeness (QED) is 0.887. The Morgan fingerprint density at radius 2 is 1.79 bits per heavy atom. The summed E-state index contributed by atoms with van der Waals surface area (Å²) in [6.45, 7) is 8.82. The van der Waals surface area contributed by atoms with Crippen LogP contribution in [0.4, 0.5) is 5.13 Å². The zero-order valence-corrected chi connectivity index (χ0v) is 12.9. The second kappa shape index (κ2) is 5.74. The number of anilines is 1. The van der Waals surface area contributed by atoms with E-state index in [1.54, 1.807) is 11.3 Å². The van der Waals surface area contributed by atoms with Gasteiger partial charge in [0.1, 0.15) is 0 Å². The first-order chi connectivity index (χ1) is 8.99. The number of hydrogen-bond donors (Lipinski definition) is 1. The van der Waals surface area contributed by atoms with Crippen LogP contribution in [-0.4, -0.2) is 4.98 Å².